The van der Waals surface area contributed by atoms with E-state index in [9.17, 15) is 30.7 Å². The first-order chi connectivity index (χ1) is 14.7. The standard InChI is InChI=1S/C22H12F7NO/c23-18-14(19(24)21(26)17(20(18)25)22(27,28)29)10-31-13-7-5-11(6-8-13)16-9-12-3-1-2-4-15(12)30-16/h1-9,30H,10H2. The number of hydrogen-bond donors (Lipinski definition) is 1. The highest BCUT2D eigenvalue weighted by atomic mass is 19.4. The van der Waals surface area contributed by atoms with Gasteiger partial charge in [-0.25, -0.2) is 17.6 Å². The number of halogens is 7. The number of para-hydroxylation sites is 1. The molecule has 1 N–H and O–H groups in total. The van der Waals surface area contributed by atoms with Crippen LogP contribution in [0.4, 0.5) is 30.7 Å². The van der Waals surface area contributed by atoms with Crippen molar-refractivity contribution in [2.45, 2.75) is 12.8 Å². The molecule has 160 valence electrons. The van der Waals surface area contributed by atoms with Crippen LogP contribution in [-0.4, -0.2) is 4.98 Å². The van der Waals surface area contributed by atoms with Crippen molar-refractivity contribution in [3.8, 4) is 17.0 Å². The second kappa shape index (κ2) is 7.64. The van der Waals surface area contributed by atoms with Gasteiger partial charge >= 0.3 is 6.18 Å². The van der Waals surface area contributed by atoms with Crippen LogP contribution in [0.5, 0.6) is 5.75 Å². The monoisotopic (exact) mass is 439 g/mol. The minimum atomic E-state index is -5.59. The minimum Gasteiger partial charge on any atom is -0.489 e. The molecule has 1 aromatic heterocycles. The Kier molecular flexibility index (Phi) is 5.12. The van der Waals surface area contributed by atoms with Gasteiger partial charge in [-0.05, 0) is 42.0 Å². The lowest BCUT2D eigenvalue weighted by molar-refractivity contribution is -0.143. The van der Waals surface area contributed by atoms with Crippen molar-refractivity contribution in [2.75, 3.05) is 0 Å². The van der Waals surface area contributed by atoms with E-state index in [-0.39, 0.29) is 5.75 Å². The zero-order valence-corrected chi connectivity index (χ0v) is 15.5. The number of alkyl halides is 3. The second-order valence-corrected chi connectivity index (χ2v) is 6.69. The molecule has 1 heterocycles. The average molecular weight is 439 g/mol. The van der Waals surface area contributed by atoms with Gasteiger partial charge in [0.1, 0.15) is 17.9 Å². The topological polar surface area (TPSA) is 25.0 Å². The largest absolute Gasteiger partial charge is 0.489 e. The Labute approximate surface area is 170 Å². The molecule has 0 saturated carbocycles. The Bertz CT molecular complexity index is 1200. The fourth-order valence-corrected chi connectivity index (χ4v) is 3.17. The maximum atomic E-state index is 14.0. The number of H-pyrrole nitrogens is 1. The molecule has 0 aliphatic heterocycles. The Balaban J connectivity index is 1.56. The molecule has 31 heavy (non-hydrogen) atoms. The molecule has 4 aromatic rings. The second-order valence-electron chi connectivity index (χ2n) is 6.69. The third kappa shape index (κ3) is 3.83. The highest BCUT2D eigenvalue weighted by molar-refractivity contribution is 5.85. The van der Waals surface area contributed by atoms with Crippen LogP contribution in [0.3, 0.4) is 0 Å². The summed E-state index contributed by atoms with van der Waals surface area (Å²) in [7, 11) is 0. The lowest BCUT2D eigenvalue weighted by Crippen LogP contribution is -2.18. The molecule has 0 spiro atoms. The van der Waals surface area contributed by atoms with Crippen molar-refractivity contribution < 1.29 is 35.5 Å². The van der Waals surface area contributed by atoms with E-state index in [0.29, 0.717) is 0 Å². The van der Waals surface area contributed by atoms with E-state index in [1.54, 1.807) is 12.1 Å². The first-order valence-electron chi connectivity index (χ1n) is 8.90. The van der Waals surface area contributed by atoms with Gasteiger partial charge in [-0.2, -0.15) is 13.2 Å². The number of rotatable bonds is 4. The van der Waals surface area contributed by atoms with Crippen molar-refractivity contribution >= 4 is 10.9 Å². The third-order valence-electron chi connectivity index (χ3n) is 4.72. The van der Waals surface area contributed by atoms with Gasteiger partial charge in [0.15, 0.2) is 23.3 Å². The number of hydrogen-bond acceptors (Lipinski definition) is 1. The molecule has 9 heteroatoms. The van der Waals surface area contributed by atoms with Gasteiger partial charge in [0.25, 0.3) is 0 Å². The average Bonchev–Trinajstić information content (AvgIpc) is 3.16. The Hall–Kier alpha value is -3.49. The first-order valence-corrected chi connectivity index (χ1v) is 8.90. The third-order valence-corrected chi connectivity index (χ3v) is 4.72. The zero-order chi connectivity index (χ0) is 22.3. The molecule has 0 radical (unpaired) electrons. The number of fused-ring (bicyclic) bond motifs is 1. The van der Waals surface area contributed by atoms with Crippen LogP contribution in [0, 0.1) is 23.3 Å². The van der Waals surface area contributed by atoms with Gasteiger partial charge in [-0.15, -0.1) is 0 Å². The fraction of sp³-hybridized carbons (Fsp3) is 0.0909. The maximum absolute atomic E-state index is 14.0. The summed E-state index contributed by atoms with van der Waals surface area (Å²) in [4.78, 5) is 3.22. The molecule has 0 atom stereocenters. The maximum Gasteiger partial charge on any atom is 0.422 e. The molecule has 0 unspecified atom stereocenters. The molecule has 0 saturated heterocycles. The van der Waals surface area contributed by atoms with Crippen LogP contribution in [0.15, 0.2) is 54.6 Å². The molecular weight excluding hydrogens is 427 g/mol. The van der Waals surface area contributed by atoms with Gasteiger partial charge < -0.3 is 9.72 Å². The summed E-state index contributed by atoms with van der Waals surface area (Å²) in [6.45, 7) is -1.00. The van der Waals surface area contributed by atoms with E-state index in [1.165, 1.54) is 12.1 Å². The summed E-state index contributed by atoms with van der Waals surface area (Å²) in [6, 6.07) is 15.7. The van der Waals surface area contributed by atoms with Crippen molar-refractivity contribution in [3.05, 3.63) is 89.0 Å². The van der Waals surface area contributed by atoms with Crippen LogP contribution in [0.1, 0.15) is 11.1 Å². The molecule has 0 bridgehead atoms. The Morgan fingerprint density at radius 1 is 0.774 bits per heavy atom. The molecule has 2 nitrogen and oxygen atoms in total. The van der Waals surface area contributed by atoms with Gasteiger partial charge in [-0.3, -0.25) is 0 Å². The van der Waals surface area contributed by atoms with Crippen LogP contribution in [0.2, 0.25) is 0 Å². The number of nitrogens with one attached hydrogen (secondary N) is 1. The highest BCUT2D eigenvalue weighted by Gasteiger charge is 2.42. The van der Waals surface area contributed by atoms with Crippen LogP contribution >= 0.6 is 0 Å². The van der Waals surface area contributed by atoms with Crippen molar-refractivity contribution in [1.29, 1.82) is 0 Å². The van der Waals surface area contributed by atoms with E-state index in [2.05, 4.69) is 4.98 Å². The molecule has 3 aromatic carbocycles. The Morgan fingerprint density at radius 2 is 1.39 bits per heavy atom. The smallest absolute Gasteiger partial charge is 0.422 e. The summed E-state index contributed by atoms with van der Waals surface area (Å²) in [5.41, 5.74) is -1.39. The summed E-state index contributed by atoms with van der Waals surface area (Å²) in [6.07, 6.45) is -5.59. The highest BCUT2D eigenvalue weighted by Crippen LogP contribution is 2.37. The normalized spacial score (nSPS) is 11.8. The summed E-state index contributed by atoms with van der Waals surface area (Å²) in [5.74, 6) is -9.24. The molecule has 0 aliphatic rings. The number of aromatic amines is 1. The van der Waals surface area contributed by atoms with Crippen molar-refractivity contribution in [3.63, 3.8) is 0 Å². The van der Waals surface area contributed by atoms with E-state index in [4.69, 9.17) is 4.74 Å². The first kappa shape index (κ1) is 20.8. The number of ether oxygens (including phenoxy) is 1. The summed E-state index contributed by atoms with van der Waals surface area (Å²) < 4.78 is 98.4. The van der Waals surface area contributed by atoms with Gasteiger partial charge in [0.2, 0.25) is 0 Å². The van der Waals surface area contributed by atoms with Crippen molar-refractivity contribution in [1.82, 2.24) is 4.98 Å². The lowest BCUT2D eigenvalue weighted by atomic mass is 10.1. The SMILES string of the molecule is Fc1c(F)c(C(F)(F)F)c(F)c(F)c1COc1ccc(-c2cc3ccccc3[nH]2)cc1. The minimum absolute atomic E-state index is 0.0966. The molecule has 4 rings (SSSR count). The van der Waals surface area contributed by atoms with Gasteiger partial charge in [0, 0.05) is 16.6 Å². The predicted octanol–water partition coefficient (Wildman–Crippen LogP) is 6.99. The number of benzene rings is 3. The molecular formula is C22H12F7NO. The zero-order valence-electron chi connectivity index (χ0n) is 15.5. The van der Waals surface area contributed by atoms with E-state index < -0.39 is 47.2 Å². The summed E-state index contributed by atoms with van der Waals surface area (Å²) >= 11 is 0. The molecule has 0 aliphatic carbocycles. The quantitative estimate of drug-likeness (QED) is 0.269. The molecule has 0 fully saturated rings. The van der Waals surface area contributed by atoms with E-state index >= 15 is 0 Å². The van der Waals surface area contributed by atoms with Crippen LogP contribution < -0.4 is 4.74 Å². The molecule has 0 amide bonds. The summed E-state index contributed by atoms with van der Waals surface area (Å²) in [5, 5.41) is 0.995. The number of aromatic nitrogens is 1. The van der Waals surface area contributed by atoms with E-state index in [1.807, 2.05) is 30.3 Å². The predicted molar refractivity (Wildman–Crippen MR) is 99.3 cm³/mol. The van der Waals surface area contributed by atoms with Crippen LogP contribution in [-0.2, 0) is 12.8 Å². The van der Waals surface area contributed by atoms with Gasteiger partial charge in [0.05, 0.1) is 5.56 Å². The van der Waals surface area contributed by atoms with Crippen LogP contribution in [0.25, 0.3) is 22.2 Å². The van der Waals surface area contributed by atoms with E-state index in [0.717, 1.165) is 22.2 Å². The fourth-order valence-electron chi connectivity index (χ4n) is 3.17. The van der Waals surface area contributed by atoms with Crippen molar-refractivity contribution in [2.24, 2.45) is 0 Å². The van der Waals surface area contributed by atoms with Gasteiger partial charge in [-0.1, -0.05) is 18.2 Å². The lowest BCUT2D eigenvalue weighted by Gasteiger charge is -2.14. The Morgan fingerprint density at radius 3 is 1.97 bits per heavy atom.